The average molecular weight is 248 g/mol. The van der Waals surface area contributed by atoms with Crippen LogP contribution in [0.4, 0.5) is 0 Å². The van der Waals surface area contributed by atoms with Gasteiger partial charge in [0.15, 0.2) is 0 Å². The zero-order chi connectivity index (χ0) is 12.6. The van der Waals surface area contributed by atoms with Crippen LogP contribution in [0.15, 0.2) is 0 Å². The third-order valence-corrected chi connectivity index (χ3v) is 3.02. The van der Waals surface area contributed by atoms with E-state index < -0.39 is 12.0 Å². The molecule has 0 radical (unpaired) electrons. The maximum Gasteiger partial charge on any atom is 0.326 e. The first-order valence-electron chi connectivity index (χ1n) is 5.28. The molecule has 94 valence electrons. The zero-order valence-corrected chi connectivity index (χ0v) is 10.5. The summed E-state index contributed by atoms with van der Waals surface area (Å²) in [5.41, 5.74) is 5.42. The highest BCUT2D eigenvalue weighted by molar-refractivity contribution is 7.98. The number of rotatable bonds is 8. The second-order valence-corrected chi connectivity index (χ2v) is 4.51. The number of carboxylic acids is 1. The van der Waals surface area contributed by atoms with Crippen molar-refractivity contribution in [1.29, 1.82) is 0 Å². The van der Waals surface area contributed by atoms with Crippen LogP contribution < -0.4 is 11.1 Å². The fourth-order valence-corrected chi connectivity index (χ4v) is 1.71. The number of nitrogens with two attached hydrogens (primary N) is 1. The van der Waals surface area contributed by atoms with Gasteiger partial charge in [0.1, 0.15) is 6.04 Å². The number of carbonyl (C=O) groups excluding carboxylic acids is 1. The Labute approximate surface area is 100 Å². The van der Waals surface area contributed by atoms with Gasteiger partial charge < -0.3 is 16.2 Å². The van der Waals surface area contributed by atoms with Crippen LogP contribution in [0.1, 0.15) is 19.8 Å². The van der Waals surface area contributed by atoms with Gasteiger partial charge in [-0.05, 0) is 24.9 Å². The Morgan fingerprint density at radius 1 is 1.50 bits per heavy atom. The van der Waals surface area contributed by atoms with Crippen molar-refractivity contribution in [2.45, 2.75) is 25.8 Å². The number of carboxylic acid groups (broad SMARTS) is 1. The molecule has 6 heteroatoms. The third kappa shape index (κ3) is 5.37. The van der Waals surface area contributed by atoms with Crippen molar-refractivity contribution < 1.29 is 14.7 Å². The molecule has 0 bridgehead atoms. The molecule has 0 aliphatic rings. The average Bonchev–Trinajstić information content (AvgIpc) is 2.25. The molecule has 2 atom stereocenters. The Morgan fingerprint density at radius 2 is 2.12 bits per heavy atom. The SMILES string of the molecule is CCC(CN)C(=O)NC(CCSC)C(=O)O. The summed E-state index contributed by atoms with van der Waals surface area (Å²) in [6.45, 7) is 2.10. The number of carbonyl (C=O) groups is 2. The summed E-state index contributed by atoms with van der Waals surface area (Å²) < 4.78 is 0. The minimum absolute atomic E-state index is 0.247. The van der Waals surface area contributed by atoms with Crippen molar-refractivity contribution in [3.8, 4) is 0 Å². The number of nitrogens with one attached hydrogen (secondary N) is 1. The van der Waals surface area contributed by atoms with E-state index in [0.29, 0.717) is 18.6 Å². The van der Waals surface area contributed by atoms with E-state index in [1.54, 1.807) is 11.8 Å². The fraction of sp³-hybridized carbons (Fsp3) is 0.800. The number of aliphatic carboxylic acids is 1. The highest BCUT2D eigenvalue weighted by atomic mass is 32.2. The van der Waals surface area contributed by atoms with E-state index in [4.69, 9.17) is 10.8 Å². The van der Waals surface area contributed by atoms with E-state index in [2.05, 4.69) is 5.32 Å². The number of thioether (sulfide) groups is 1. The van der Waals surface area contributed by atoms with Crippen LogP contribution >= 0.6 is 11.8 Å². The Kier molecular flexibility index (Phi) is 8.01. The standard InChI is InChI=1S/C10H20N2O3S/c1-3-7(6-11)9(13)12-8(10(14)15)4-5-16-2/h7-8H,3-6,11H2,1-2H3,(H,12,13)(H,14,15). The van der Waals surface area contributed by atoms with Crippen molar-refractivity contribution in [3.05, 3.63) is 0 Å². The molecule has 0 saturated carbocycles. The topological polar surface area (TPSA) is 92.4 Å². The van der Waals surface area contributed by atoms with Gasteiger partial charge in [0.25, 0.3) is 0 Å². The molecule has 0 saturated heterocycles. The van der Waals surface area contributed by atoms with E-state index in [-0.39, 0.29) is 18.4 Å². The highest BCUT2D eigenvalue weighted by Crippen LogP contribution is 2.04. The molecule has 16 heavy (non-hydrogen) atoms. The number of hydrogen-bond acceptors (Lipinski definition) is 4. The van der Waals surface area contributed by atoms with E-state index in [1.807, 2.05) is 13.2 Å². The number of amides is 1. The predicted octanol–water partition coefficient (Wildman–Crippen LogP) is 0.294. The lowest BCUT2D eigenvalue weighted by Crippen LogP contribution is -2.45. The minimum atomic E-state index is -0.991. The van der Waals surface area contributed by atoms with Gasteiger partial charge in [-0.2, -0.15) is 11.8 Å². The van der Waals surface area contributed by atoms with Gasteiger partial charge in [0.05, 0.1) is 0 Å². The Balaban J connectivity index is 4.27. The van der Waals surface area contributed by atoms with Crippen LogP contribution in [-0.4, -0.2) is 41.6 Å². The van der Waals surface area contributed by atoms with Gasteiger partial charge in [0, 0.05) is 12.5 Å². The molecule has 0 aliphatic carbocycles. The summed E-state index contributed by atoms with van der Waals surface area (Å²) in [7, 11) is 0. The first-order chi connectivity index (χ1) is 7.56. The molecule has 0 aromatic carbocycles. The summed E-state index contributed by atoms with van der Waals surface area (Å²) in [5.74, 6) is -0.847. The van der Waals surface area contributed by atoms with E-state index in [1.165, 1.54) is 0 Å². The normalized spacial score (nSPS) is 14.2. The minimum Gasteiger partial charge on any atom is -0.480 e. The van der Waals surface area contributed by atoms with Crippen LogP contribution in [-0.2, 0) is 9.59 Å². The molecule has 0 rings (SSSR count). The Bertz CT molecular complexity index is 232. The summed E-state index contributed by atoms with van der Waals surface area (Å²) in [6, 6.07) is -0.805. The lowest BCUT2D eigenvalue weighted by Gasteiger charge is -2.18. The first kappa shape index (κ1) is 15.2. The zero-order valence-electron chi connectivity index (χ0n) is 9.73. The van der Waals surface area contributed by atoms with Crippen molar-refractivity contribution in [1.82, 2.24) is 5.32 Å². The molecule has 1 amide bonds. The molecule has 0 spiro atoms. The van der Waals surface area contributed by atoms with Gasteiger partial charge in [0.2, 0.25) is 5.91 Å². The van der Waals surface area contributed by atoms with Crippen molar-refractivity contribution in [2.75, 3.05) is 18.6 Å². The maximum atomic E-state index is 11.6. The largest absolute Gasteiger partial charge is 0.480 e. The molecule has 2 unspecified atom stereocenters. The van der Waals surface area contributed by atoms with Gasteiger partial charge in [-0.3, -0.25) is 4.79 Å². The fourth-order valence-electron chi connectivity index (χ4n) is 1.24. The van der Waals surface area contributed by atoms with Gasteiger partial charge in [-0.25, -0.2) is 4.79 Å². The molecule has 0 aliphatic heterocycles. The molecule has 0 aromatic rings. The van der Waals surface area contributed by atoms with E-state index in [0.717, 1.165) is 0 Å². The molecular formula is C10H20N2O3S. The molecule has 0 fully saturated rings. The lowest BCUT2D eigenvalue weighted by molar-refractivity contribution is -0.142. The molecule has 4 N–H and O–H groups in total. The smallest absolute Gasteiger partial charge is 0.326 e. The van der Waals surface area contributed by atoms with Crippen LogP contribution in [0, 0.1) is 5.92 Å². The molecule has 0 aromatic heterocycles. The quantitative estimate of drug-likeness (QED) is 0.574. The summed E-state index contributed by atoms with van der Waals surface area (Å²) in [6.07, 6.45) is 2.95. The monoisotopic (exact) mass is 248 g/mol. The van der Waals surface area contributed by atoms with Crippen molar-refractivity contribution in [2.24, 2.45) is 11.7 Å². The summed E-state index contributed by atoms with van der Waals surface area (Å²) in [5, 5.41) is 11.4. The van der Waals surface area contributed by atoms with Gasteiger partial charge in [-0.15, -0.1) is 0 Å². The molecule has 5 nitrogen and oxygen atoms in total. The third-order valence-electron chi connectivity index (χ3n) is 2.37. The second-order valence-electron chi connectivity index (χ2n) is 3.52. The number of hydrogen-bond donors (Lipinski definition) is 3. The van der Waals surface area contributed by atoms with Crippen LogP contribution in [0.3, 0.4) is 0 Å². The molecule has 0 heterocycles. The highest BCUT2D eigenvalue weighted by Gasteiger charge is 2.22. The van der Waals surface area contributed by atoms with Gasteiger partial charge >= 0.3 is 5.97 Å². The Morgan fingerprint density at radius 3 is 2.50 bits per heavy atom. The first-order valence-corrected chi connectivity index (χ1v) is 6.68. The van der Waals surface area contributed by atoms with E-state index in [9.17, 15) is 9.59 Å². The summed E-state index contributed by atoms with van der Waals surface area (Å²) >= 11 is 1.56. The predicted molar refractivity (Wildman–Crippen MR) is 65.4 cm³/mol. The van der Waals surface area contributed by atoms with Crippen molar-refractivity contribution in [3.63, 3.8) is 0 Å². The van der Waals surface area contributed by atoms with Crippen LogP contribution in [0.25, 0.3) is 0 Å². The lowest BCUT2D eigenvalue weighted by atomic mass is 10.1. The van der Waals surface area contributed by atoms with Crippen LogP contribution in [0.5, 0.6) is 0 Å². The van der Waals surface area contributed by atoms with Gasteiger partial charge in [-0.1, -0.05) is 6.92 Å². The second kappa shape index (κ2) is 8.41. The van der Waals surface area contributed by atoms with Crippen LogP contribution in [0.2, 0.25) is 0 Å². The Hall–Kier alpha value is -0.750. The maximum absolute atomic E-state index is 11.6. The van der Waals surface area contributed by atoms with Crippen molar-refractivity contribution >= 4 is 23.6 Å². The summed E-state index contributed by atoms with van der Waals surface area (Å²) in [4.78, 5) is 22.5. The molecular weight excluding hydrogens is 228 g/mol. The van der Waals surface area contributed by atoms with E-state index >= 15 is 0 Å².